The summed E-state index contributed by atoms with van der Waals surface area (Å²) < 4.78 is 0. The maximum atomic E-state index is 13.3. The van der Waals surface area contributed by atoms with Crippen molar-refractivity contribution >= 4 is 50.3 Å². The first-order chi connectivity index (χ1) is 16.6. The molecule has 0 radical (unpaired) electrons. The lowest BCUT2D eigenvalue weighted by molar-refractivity contribution is 0.0996. The van der Waals surface area contributed by atoms with Gasteiger partial charge < -0.3 is 21.0 Å². The highest BCUT2D eigenvalue weighted by atomic mass is 16.2. The standard InChI is InChI=1S/C27H19N5O2/c28-25(33)23-22(15-8-2-1-3-9-15)21(14-17-16-10-4-5-11-18(16)29-24(17)23)32-27(34)26-30-19-12-6-7-13-20(19)31-26/h1-14,29H,(H2,28,33)(H,30,31)(H,32,34). The van der Waals surface area contributed by atoms with Crippen LogP contribution in [0.15, 0.2) is 84.9 Å². The fraction of sp³-hybridized carbons (Fsp3) is 0. The van der Waals surface area contributed by atoms with Crippen LogP contribution in [0.1, 0.15) is 21.0 Å². The highest BCUT2D eigenvalue weighted by Crippen LogP contribution is 2.39. The molecule has 0 fully saturated rings. The molecule has 6 rings (SSSR count). The van der Waals surface area contributed by atoms with E-state index < -0.39 is 11.8 Å². The molecule has 2 aromatic heterocycles. The molecule has 0 saturated carbocycles. The normalized spacial score (nSPS) is 11.3. The van der Waals surface area contributed by atoms with Crippen molar-refractivity contribution < 1.29 is 9.59 Å². The molecule has 0 aliphatic heterocycles. The van der Waals surface area contributed by atoms with Crippen LogP contribution in [0.3, 0.4) is 0 Å². The van der Waals surface area contributed by atoms with Crippen molar-refractivity contribution in [2.45, 2.75) is 0 Å². The van der Waals surface area contributed by atoms with Crippen molar-refractivity contribution in [3.8, 4) is 11.1 Å². The van der Waals surface area contributed by atoms with Gasteiger partial charge in [0.05, 0.1) is 27.8 Å². The Morgan fingerprint density at radius 1 is 0.794 bits per heavy atom. The number of carbonyl (C=O) groups is 2. The van der Waals surface area contributed by atoms with Gasteiger partial charge in [0, 0.05) is 21.9 Å². The lowest BCUT2D eigenvalue weighted by Gasteiger charge is -2.16. The summed E-state index contributed by atoms with van der Waals surface area (Å²) in [5.41, 5.74) is 11.0. The Labute approximate surface area is 193 Å². The number of nitrogens with zero attached hydrogens (tertiary/aromatic N) is 1. The Kier molecular flexibility index (Phi) is 4.41. The van der Waals surface area contributed by atoms with Crippen LogP contribution in [-0.2, 0) is 0 Å². The maximum Gasteiger partial charge on any atom is 0.291 e. The van der Waals surface area contributed by atoms with E-state index in [-0.39, 0.29) is 5.82 Å². The zero-order chi connectivity index (χ0) is 23.2. The van der Waals surface area contributed by atoms with E-state index in [1.807, 2.05) is 84.9 Å². The molecule has 2 heterocycles. The van der Waals surface area contributed by atoms with E-state index in [9.17, 15) is 9.59 Å². The molecule has 6 aromatic rings. The van der Waals surface area contributed by atoms with Crippen molar-refractivity contribution in [3.05, 3.63) is 96.3 Å². The number of rotatable bonds is 4. The van der Waals surface area contributed by atoms with Crippen molar-refractivity contribution in [1.29, 1.82) is 0 Å². The Morgan fingerprint density at radius 2 is 1.50 bits per heavy atom. The van der Waals surface area contributed by atoms with Crippen LogP contribution in [0.2, 0.25) is 0 Å². The summed E-state index contributed by atoms with van der Waals surface area (Å²) in [6.45, 7) is 0. The summed E-state index contributed by atoms with van der Waals surface area (Å²) in [4.78, 5) is 36.8. The smallest absolute Gasteiger partial charge is 0.291 e. The number of para-hydroxylation sites is 3. The molecule has 34 heavy (non-hydrogen) atoms. The number of hydrogen-bond acceptors (Lipinski definition) is 3. The molecule has 0 bridgehead atoms. The summed E-state index contributed by atoms with van der Waals surface area (Å²) in [5, 5.41) is 4.70. The number of anilines is 1. The summed E-state index contributed by atoms with van der Waals surface area (Å²) in [6, 6.07) is 26.5. The van der Waals surface area contributed by atoms with E-state index in [4.69, 9.17) is 5.73 Å². The molecule has 0 aliphatic carbocycles. The Hall–Kier alpha value is -4.91. The third-order valence-corrected chi connectivity index (χ3v) is 5.97. The number of carbonyl (C=O) groups excluding carboxylic acids is 2. The van der Waals surface area contributed by atoms with E-state index in [1.165, 1.54) is 0 Å². The molecule has 0 saturated heterocycles. The van der Waals surface area contributed by atoms with Gasteiger partial charge in [-0.1, -0.05) is 60.7 Å². The second kappa shape index (κ2) is 7.60. The first-order valence-electron chi connectivity index (χ1n) is 10.8. The maximum absolute atomic E-state index is 13.3. The quantitative estimate of drug-likeness (QED) is 0.298. The van der Waals surface area contributed by atoms with Gasteiger partial charge in [-0.05, 0) is 29.8 Å². The van der Waals surface area contributed by atoms with Crippen LogP contribution >= 0.6 is 0 Å². The Balaban J connectivity index is 1.60. The fourth-order valence-electron chi connectivity index (χ4n) is 4.48. The van der Waals surface area contributed by atoms with Crippen molar-refractivity contribution in [3.63, 3.8) is 0 Å². The molecule has 0 unspecified atom stereocenters. The number of aromatic nitrogens is 3. The SMILES string of the molecule is NC(=O)c1c(-c2ccccc2)c(NC(=O)c2nc3ccccc3[nH]2)cc2c1[nH]c1ccccc12. The van der Waals surface area contributed by atoms with Crippen LogP contribution in [0, 0.1) is 0 Å². The van der Waals surface area contributed by atoms with Gasteiger partial charge in [-0.3, -0.25) is 9.59 Å². The largest absolute Gasteiger partial charge is 0.366 e. The number of fused-ring (bicyclic) bond motifs is 4. The topological polar surface area (TPSA) is 117 Å². The molecule has 2 amide bonds. The Bertz CT molecular complexity index is 1700. The number of nitrogens with one attached hydrogen (secondary N) is 3. The number of H-pyrrole nitrogens is 2. The fourth-order valence-corrected chi connectivity index (χ4v) is 4.48. The van der Waals surface area contributed by atoms with Crippen LogP contribution in [0.4, 0.5) is 5.69 Å². The average molecular weight is 445 g/mol. The van der Waals surface area contributed by atoms with Gasteiger partial charge in [0.1, 0.15) is 0 Å². The molecule has 0 aliphatic rings. The van der Waals surface area contributed by atoms with E-state index in [1.54, 1.807) is 0 Å². The van der Waals surface area contributed by atoms with Crippen LogP contribution in [-0.4, -0.2) is 26.8 Å². The van der Waals surface area contributed by atoms with Crippen LogP contribution in [0.5, 0.6) is 0 Å². The zero-order valence-electron chi connectivity index (χ0n) is 17.9. The summed E-state index contributed by atoms with van der Waals surface area (Å²) in [6.07, 6.45) is 0. The third kappa shape index (κ3) is 3.10. The number of nitrogens with two attached hydrogens (primary N) is 1. The molecule has 4 aromatic carbocycles. The highest BCUT2D eigenvalue weighted by molar-refractivity contribution is 6.21. The van der Waals surface area contributed by atoms with Gasteiger partial charge >= 0.3 is 0 Å². The number of hydrogen-bond donors (Lipinski definition) is 4. The molecular weight excluding hydrogens is 426 g/mol. The molecule has 164 valence electrons. The minimum absolute atomic E-state index is 0.180. The zero-order valence-corrected chi connectivity index (χ0v) is 17.9. The number of primary amides is 1. The van der Waals surface area contributed by atoms with E-state index in [2.05, 4.69) is 20.3 Å². The van der Waals surface area contributed by atoms with Gasteiger partial charge in [-0.15, -0.1) is 0 Å². The molecular formula is C27H19N5O2. The number of benzene rings is 4. The first-order valence-corrected chi connectivity index (χ1v) is 10.8. The molecule has 0 atom stereocenters. The number of amides is 2. The predicted molar refractivity (Wildman–Crippen MR) is 134 cm³/mol. The van der Waals surface area contributed by atoms with Gasteiger partial charge in [0.25, 0.3) is 11.8 Å². The highest BCUT2D eigenvalue weighted by Gasteiger charge is 2.23. The Morgan fingerprint density at radius 3 is 2.26 bits per heavy atom. The summed E-state index contributed by atoms with van der Waals surface area (Å²) in [5.74, 6) is -0.821. The van der Waals surface area contributed by atoms with Gasteiger partial charge in [-0.2, -0.15) is 0 Å². The predicted octanol–water partition coefficient (Wildman–Crippen LogP) is 5.22. The average Bonchev–Trinajstić information content (AvgIpc) is 3.45. The second-order valence-electron chi connectivity index (χ2n) is 8.05. The minimum Gasteiger partial charge on any atom is -0.366 e. The van der Waals surface area contributed by atoms with E-state index in [0.717, 1.165) is 27.4 Å². The second-order valence-corrected chi connectivity index (χ2v) is 8.05. The van der Waals surface area contributed by atoms with Gasteiger partial charge in [0.2, 0.25) is 0 Å². The monoisotopic (exact) mass is 445 g/mol. The van der Waals surface area contributed by atoms with Crippen molar-refractivity contribution in [1.82, 2.24) is 15.0 Å². The van der Waals surface area contributed by atoms with Crippen molar-refractivity contribution in [2.24, 2.45) is 5.73 Å². The van der Waals surface area contributed by atoms with E-state index in [0.29, 0.717) is 27.8 Å². The first kappa shape index (κ1) is 19.8. The molecule has 7 heteroatoms. The van der Waals surface area contributed by atoms with Crippen LogP contribution in [0.25, 0.3) is 44.0 Å². The molecule has 5 N–H and O–H groups in total. The number of aromatic amines is 2. The number of imidazole rings is 1. The molecule has 0 spiro atoms. The third-order valence-electron chi connectivity index (χ3n) is 5.97. The van der Waals surface area contributed by atoms with Crippen LogP contribution < -0.4 is 11.1 Å². The summed E-state index contributed by atoms with van der Waals surface area (Å²) >= 11 is 0. The lowest BCUT2D eigenvalue weighted by atomic mass is 9.94. The van der Waals surface area contributed by atoms with Gasteiger partial charge in [0.15, 0.2) is 5.82 Å². The minimum atomic E-state index is -0.588. The van der Waals surface area contributed by atoms with E-state index >= 15 is 0 Å². The molecule has 7 nitrogen and oxygen atoms in total. The lowest BCUT2D eigenvalue weighted by Crippen LogP contribution is -2.18. The van der Waals surface area contributed by atoms with Gasteiger partial charge in [-0.25, -0.2) is 4.98 Å². The van der Waals surface area contributed by atoms with Crippen molar-refractivity contribution in [2.75, 3.05) is 5.32 Å². The summed E-state index contributed by atoms with van der Waals surface area (Å²) in [7, 11) is 0.